The summed E-state index contributed by atoms with van der Waals surface area (Å²) in [5.41, 5.74) is 5.45. The lowest BCUT2D eigenvalue weighted by atomic mass is 10.1. The van der Waals surface area contributed by atoms with Gasteiger partial charge in [0.1, 0.15) is 11.5 Å². The Morgan fingerprint density at radius 1 is 1.26 bits per heavy atom. The molecule has 2 aromatic rings. The zero-order valence-corrected chi connectivity index (χ0v) is 15.7. The van der Waals surface area contributed by atoms with Gasteiger partial charge in [0.25, 0.3) is 11.5 Å². The minimum absolute atomic E-state index is 0.0466. The van der Waals surface area contributed by atoms with E-state index in [1.54, 1.807) is 0 Å². The van der Waals surface area contributed by atoms with Crippen LogP contribution in [0.3, 0.4) is 0 Å². The Kier molecular flexibility index (Phi) is 6.46. The standard InChI is InChI=1S/C18H22FN5O2S/c19-13-6-4-12(5-7-13)16(25)21-14-15(20)22-18(23-17(14)26)27-11-10-24-8-2-1-3-9-24/h4-7H,1-3,8-11H2,(H,21,25)(H3,20,22,23,26). The van der Waals surface area contributed by atoms with Gasteiger partial charge < -0.3 is 16.0 Å². The van der Waals surface area contributed by atoms with Gasteiger partial charge in [-0.05, 0) is 50.2 Å². The van der Waals surface area contributed by atoms with Crippen molar-refractivity contribution in [1.29, 1.82) is 0 Å². The number of nitrogens with zero attached hydrogens (tertiary/aromatic N) is 2. The fourth-order valence-electron chi connectivity index (χ4n) is 2.90. The quantitative estimate of drug-likeness (QED) is 0.516. The zero-order chi connectivity index (χ0) is 19.2. The Labute approximate surface area is 160 Å². The molecular weight excluding hydrogens is 369 g/mol. The number of hydrogen-bond donors (Lipinski definition) is 3. The molecule has 0 unspecified atom stereocenters. The highest BCUT2D eigenvalue weighted by Crippen LogP contribution is 2.18. The molecule has 1 aromatic carbocycles. The van der Waals surface area contributed by atoms with Crippen LogP contribution in [0.5, 0.6) is 0 Å². The van der Waals surface area contributed by atoms with Gasteiger partial charge in [0.15, 0.2) is 11.0 Å². The molecular formula is C18H22FN5O2S. The second-order valence-electron chi connectivity index (χ2n) is 6.34. The number of thioether (sulfide) groups is 1. The molecule has 1 aliphatic heterocycles. The first-order chi connectivity index (χ1) is 13.0. The number of hydrogen-bond acceptors (Lipinski definition) is 6. The van der Waals surface area contributed by atoms with E-state index in [1.165, 1.54) is 55.3 Å². The topological polar surface area (TPSA) is 104 Å². The van der Waals surface area contributed by atoms with Crippen LogP contribution in [0.2, 0.25) is 0 Å². The molecule has 0 saturated carbocycles. The highest BCUT2D eigenvalue weighted by Gasteiger charge is 2.15. The third-order valence-corrected chi connectivity index (χ3v) is 5.22. The van der Waals surface area contributed by atoms with Crippen LogP contribution in [0.4, 0.5) is 15.9 Å². The first-order valence-electron chi connectivity index (χ1n) is 8.85. The number of nitrogens with one attached hydrogen (secondary N) is 2. The zero-order valence-electron chi connectivity index (χ0n) is 14.8. The molecule has 0 radical (unpaired) electrons. The van der Waals surface area contributed by atoms with Crippen LogP contribution in [0.25, 0.3) is 0 Å². The number of H-pyrrole nitrogens is 1. The molecule has 2 heterocycles. The highest BCUT2D eigenvalue weighted by atomic mass is 32.2. The van der Waals surface area contributed by atoms with Crippen LogP contribution < -0.4 is 16.6 Å². The number of anilines is 2. The molecule has 1 fully saturated rings. The summed E-state index contributed by atoms with van der Waals surface area (Å²) >= 11 is 1.43. The van der Waals surface area contributed by atoms with Crippen molar-refractivity contribution in [3.63, 3.8) is 0 Å². The van der Waals surface area contributed by atoms with Crippen LogP contribution in [-0.2, 0) is 0 Å². The smallest absolute Gasteiger partial charge is 0.277 e. The molecule has 0 aliphatic carbocycles. The summed E-state index contributed by atoms with van der Waals surface area (Å²) < 4.78 is 12.9. The first-order valence-corrected chi connectivity index (χ1v) is 9.83. The van der Waals surface area contributed by atoms with Crippen molar-refractivity contribution in [2.45, 2.75) is 24.4 Å². The van der Waals surface area contributed by atoms with Gasteiger partial charge in [-0.25, -0.2) is 9.37 Å². The molecule has 9 heteroatoms. The second-order valence-corrected chi connectivity index (χ2v) is 7.43. The SMILES string of the molecule is Nc1nc(SCCN2CCCCC2)[nH]c(=O)c1NC(=O)c1ccc(F)cc1. The molecule has 144 valence electrons. The van der Waals surface area contributed by atoms with Crippen LogP contribution in [0.1, 0.15) is 29.6 Å². The van der Waals surface area contributed by atoms with Crippen LogP contribution in [0.15, 0.2) is 34.2 Å². The van der Waals surface area contributed by atoms with Gasteiger partial charge in [-0.2, -0.15) is 0 Å². The number of rotatable bonds is 6. The number of amides is 1. The van der Waals surface area contributed by atoms with Crippen LogP contribution in [0, 0.1) is 5.82 Å². The lowest BCUT2D eigenvalue weighted by Gasteiger charge is -2.25. The highest BCUT2D eigenvalue weighted by molar-refractivity contribution is 7.99. The second kappa shape index (κ2) is 9.01. The third kappa shape index (κ3) is 5.30. The van der Waals surface area contributed by atoms with Crippen molar-refractivity contribution in [3.05, 3.63) is 46.0 Å². The van der Waals surface area contributed by atoms with Crippen molar-refractivity contribution in [3.8, 4) is 0 Å². The van der Waals surface area contributed by atoms with E-state index in [1.807, 2.05) is 0 Å². The summed E-state index contributed by atoms with van der Waals surface area (Å²) in [6.45, 7) is 3.15. The number of likely N-dealkylation sites (tertiary alicyclic amines) is 1. The Bertz CT molecular complexity index is 850. The number of aromatic nitrogens is 2. The summed E-state index contributed by atoms with van der Waals surface area (Å²) in [6.07, 6.45) is 3.75. The molecule has 4 N–H and O–H groups in total. The van der Waals surface area contributed by atoms with Crippen molar-refractivity contribution in [2.75, 3.05) is 36.4 Å². The largest absolute Gasteiger partial charge is 0.382 e. The molecule has 0 bridgehead atoms. The lowest BCUT2D eigenvalue weighted by Crippen LogP contribution is -2.31. The predicted molar refractivity (Wildman–Crippen MR) is 105 cm³/mol. The maximum atomic E-state index is 12.9. The van der Waals surface area contributed by atoms with E-state index in [4.69, 9.17) is 5.73 Å². The molecule has 0 spiro atoms. The van der Waals surface area contributed by atoms with Gasteiger partial charge in [-0.1, -0.05) is 18.2 Å². The number of nitrogens with two attached hydrogens (primary N) is 1. The average molecular weight is 391 g/mol. The third-order valence-electron chi connectivity index (χ3n) is 4.37. The van der Waals surface area contributed by atoms with Crippen molar-refractivity contribution in [1.82, 2.24) is 14.9 Å². The van der Waals surface area contributed by atoms with Crippen molar-refractivity contribution in [2.24, 2.45) is 0 Å². The Balaban J connectivity index is 1.61. The van der Waals surface area contributed by atoms with Gasteiger partial charge >= 0.3 is 0 Å². The van der Waals surface area contributed by atoms with E-state index in [-0.39, 0.29) is 17.1 Å². The number of halogens is 1. The molecule has 3 rings (SSSR count). The van der Waals surface area contributed by atoms with Gasteiger partial charge in [-0.15, -0.1) is 0 Å². The van der Waals surface area contributed by atoms with E-state index in [9.17, 15) is 14.0 Å². The Morgan fingerprint density at radius 3 is 2.63 bits per heavy atom. The molecule has 7 nitrogen and oxygen atoms in total. The van der Waals surface area contributed by atoms with Crippen LogP contribution in [-0.4, -0.2) is 46.2 Å². The summed E-state index contributed by atoms with van der Waals surface area (Å²) in [4.78, 5) is 33.7. The van der Waals surface area contributed by atoms with E-state index in [0.717, 1.165) is 25.4 Å². The van der Waals surface area contributed by atoms with E-state index < -0.39 is 17.3 Å². The fraction of sp³-hybridized carbons (Fsp3) is 0.389. The normalized spacial score (nSPS) is 14.9. The lowest BCUT2D eigenvalue weighted by molar-refractivity contribution is 0.102. The Morgan fingerprint density at radius 2 is 1.96 bits per heavy atom. The molecule has 1 aliphatic rings. The van der Waals surface area contributed by atoms with Crippen molar-refractivity contribution >= 4 is 29.2 Å². The molecule has 27 heavy (non-hydrogen) atoms. The van der Waals surface area contributed by atoms with Gasteiger partial charge in [0, 0.05) is 17.9 Å². The predicted octanol–water partition coefficient (Wildman–Crippen LogP) is 2.32. The molecule has 1 aromatic heterocycles. The Hall–Kier alpha value is -2.39. The van der Waals surface area contributed by atoms with Crippen molar-refractivity contribution < 1.29 is 9.18 Å². The van der Waals surface area contributed by atoms with E-state index in [2.05, 4.69) is 20.2 Å². The molecule has 1 saturated heterocycles. The number of piperidine rings is 1. The van der Waals surface area contributed by atoms with Gasteiger partial charge in [0.05, 0.1) is 0 Å². The minimum Gasteiger partial charge on any atom is -0.382 e. The average Bonchev–Trinajstić information content (AvgIpc) is 2.66. The summed E-state index contributed by atoms with van der Waals surface area (Å²) in [5, 5.41) is 2.86. The van der Waals surface area contributed by atoms with E-state index in [0.29, 0.717) is 5.16 Å². The first kappa shape index (κ1) is 19.4. The van der Waals surface area contributed by atoms with Gasteiger partial charge in [0.2, 0.25) is 0 Å². The summed E-state index contributed by atoms with van der Waals surface area (Å²) in [7, 11) is 0. The maximum absolute atomic E-state index is 12.9. The van der Waals surface area contributed by atoms with E-state index >= 15 is 0 Å². The fourth-order valence-corrected chi connectivity index (χ4v) is 3.77. The molecule has 0 atom stereocenters. The number of carbonyl (C=O) groups excluding carboxylic acids is 1. The number of carbonyl (C=O) groups is 1. The van der Waals surface area contributed by atoms with Crippen LogP contribution >= 0.6 is 11.8 Å². The number of aromatic amines is 1. The maximum Gasteiger partial charge on any atom is 0.277 e. The van der Waals surface area contributed by atoms with Gasteiger partial charge in [-0.3, -0.25) is 14.6 Å². The minimum atomic E-state index is -0.556. The number of nitrogen functional groups attached to an aromatic ring is 1. The summed E-state index contributed by atoms with van der Waals surface area (Å²) in [6, 6.07) is 4.99. The number of benzene rings is 1. The summed E-state index contributed by atoms with van der Waals surface area (Å²) in [5.74, 6) is -0.255. The molecule has 1 amide bonds. The monoisotopic (exact) mass is 391 g/mol.